The van der Waals surface area contributed by atoms with Crippen molar-refractivity contribution in [3.05, 3.63) is 59.8 Å². The molecule has 164 valence electrons. The van der Waals surface area contributed by atoms with Gasteiger partial charge in [0.25, 0.3) is 0 Å². The van der Waals surface area contributed by atoms with Crippen molar-refractivity contribution in [1.82, 2.24) is 15.0 Å². The molecule has 0 saturated carbocycles. The van der Waals surface area contributed by atoms with E-state index in [9.17, 15) is 18.3 Å². The first-order chi connectivity index (χ1) is 14.7. The average Bonchev–Trinajstić information content (AvgIpc) is 2.73. The van der Waals surface area contributed by atoms with Crippen LogP contribution in [0.2, 0.25) is 0 Å². The molecule has 1 aromatic carbocycles. The highest BCUT2D eigenvalue weighted by molar-refractivity contribution is 5.66. The van der Waals surface area contributed by atoms with E-state index in [4.69, 9.17) is 0 Å². The number of halogens is 3. The number of hydrogen-bond donors (Lipinski definition) is 3. The smallest absolute Gasteiger partial charge is 0.394 e. The van der Waals surface area contributed by atoms with Crippen molar-refractivity contribution in [2.45, 2.75) is 33.0 Å². The Bertz CT molecular complexity index is 1030. The summed E-state index contributed by atoms with van der Waals surface area (Å²) in [5, 5.41) is 15.7. The summed E-state index contributed by atoms with van der Waals surface area (Å²) in [6, 6.07) is 10.7. The Labute approximate surface area is 178 Å². The molecule has 0 aliphatic rings. The monoisotopic (exact) mass is 431 g/mol. The second-order valence-electron chi connectivity index (χ2n) is 7.51. The minimum absolute atomic E-state index is 0.106. The standard InChI is InChI=1S/C22H24F3N5O/c1-13(2)19(12-31)29-21-28-18(17-6-4-5-9-26-17)11-20(30-21)27-15-8-7-14(3)16(10-15)22(23,24)25/h4-11,13,19,31H,12H2,1-3H3,(H2,27,28,29,30)/t19-/m0/s1. The molecule has 3 aromatic rings. The van der Waals surface area contributed by atoms with Crippen LogP contribution in [-0.4, -0.2) is 32.7 Å². The van der Waals surface area contributed by atoms with Crippen LogP contribution >= 0.6 is 0 Å². The van der Waals surface area contributed by atoms with Gasteiger partial charge >= 0.3 is 6.18 Å². The number of aryl methyl sites for hydroxylation is 1. The average molecular weight is 431 g/mol. The summed E-state index contributed by atoms with van der Waals surface area (Å²) < 4.78 is 39.8. The third kappa shape index (κ3) is 5.69. The molecule has 0 aliphatic heterocycles. The Balaban J connectivity index is 2.00. The first kappa shape index (κ1) is 22.5. The lowest BCUT2D eigenvalue weighted by atomic mass is 10.1. The zero-order chi connectivity index (χ0) is 22.6. The number of rotatable bonds is 7. The van der Waals surface area contributed by atoms with Crippen LogP contribution in [0.3, 0.4) is 0 Å². The van der Waals surface area contributed by atoms with E-state index in [0.717, 1.165) is 6.07 Å². The Morgan fingerprint density at radius 3 is 2.42 bits per heavy atom. The number of alkyl halides is 3. The Hall–Kier alpha value is -3.20. The first-order valence-corrected chi connectivity index (χ1v) is 9.80. The summed E-state index contributed by atoms with van der Waals surface area (Å²) in [7, 11) is 0. The van der Waals surface area contributed by atoms with E-state index in [0.29, 0.717) is 17.2 Å². The van der Waals surface area contributed by atoms with Crippen molar-refractivity contribution in [2.75, 3.05) is 17.2 Å². The van der Waals surface area contributed by atoms with Crippen molar-refractivity contribution in [1.29, 1.82) is 0 Å². The predicted octanol–water partition coefficient (Wildman–Crippen LogP) is 5.04. The fourth-order valence-electron chi connectivity index (χ4n) is 2.96. The molecular weight excluding hydrogens is 407 g/mol. The van der Waals surface area contributed by atoms with Gasteiger partial charge in [-0.2, -0.15) is 18.2 Å². The zero-order valence-corrected chi connectivity index (χ0v) is 17.4. The Morgan fingerprint density at radius 2 is 1.81 bits per heavy atom. The van der Waals surface area contributed by atoms with E-state index < -0.39 is 11.7 Å². The van der Waals surface area contributed by atoms with E-state index >= 15 is 0 Å². The summed E-state index contributed by atoms with van der Waals surface area (Å²) in [6.45, 7) is 5.19. The number of nitrogens with zero attached hydrogens (tertiary/aromatic N) is 3. The van der Waals surface area contributed by atoms with E-state index in [-0.39, 0.29) is 35.8 Å². The van der Waals surface area contributed by atoms with Gasteiger partial charge in [0.15, 0.2) is 0 Å². The molecule has 0 bridgehead atoms. The molecule has 1 atom stereocenters. The van der Waals surface area contributed by atoms with Gasteiger partial charge in [-0.05, 0) is 42.7 Å². The van der Waals surface area contributed by atoms with Gasteiger partial charge < -0.3 is 15.7 Å². The number of hydrogen-bond acceptors (Lipinski definition) is 6. The molecule has 0 saturated heterocycles. The zero-order valence-electron chi connectivity index (χ0n) is 17.4. The van der Waals surface area contributed by atoms with E-state index in [1.54, 1.807) is 30.5 Å². The van der Waals surface area contributed by atoms with Gasteiger partial charge in [0.1, 0.15) is 5.82 Å². The summed E-state index contributed by atoms with van der Waals surface area (Å²) in [5.74, 6) is 0.645. The maximum absolute atomic E-state index is 13.3. The lowest BCUT2D eigenvalue weighted by Crippen LogP contribution is -2.30. The largest absolute Gasteiger partial charge is 0.416 e. The maximum atomic E-state index is 13.3. The highest BCUT2D eigenvalue weighted by Crippen LogP contribution is 2.34. The minimum Gasteiger partial charge on any atom is -0.394 e. The van der Waals surface area contributed by atoms with Crippen molar-refractivity contribution in [2.24, 2.45) is 5.92 Å². The molecule has 2 aromatic heterocycles. The molecule has 31 heavy (non-hydrogen) atoms. The lowest BCUT2D eigenvalue weighted by molar-refractivity contribution is -0.138. The number of aliphatic hydroxyl groups is 1. The Kier molecular flexibility index (Phi) is 6.74. The van der Waals surface area contributed by atoms with Gasteiger partial charge in [0.05, 0.1) is 29.6 Å². The minimum atomic E-state index is -4.45. The normalized spacial score (nSPS) is 12.6. The van der Waals surface area contributed by atoms with Crippen LogP contribution in [-0.2, 0) is 6.18 Å². The van der Waals surface area contributed by atoms with Crippen molar-refractivity contribution in [3.63, 3.8) is 0 Å². The second kappa shape index (κ2) is 9.30. The third-order valence-electron chi connectivity index (χ3n) is 4.78. The molecule has 0 spiro atoms. The van der Waals surface area contributed by atoms with Crippen LogP contribution in [0, 0.1) is 12.8 Å². The summed E-state index contributed by atoms with van der Waals surface area (Å²) in [5.41, 5.74) is 0.747. The van der Waals surface area contributed by atoms with Crippen LogP contribution in [0.4, 0.5) is 30.6 Å². The molecule has 0 radical (unpaired) electrons. The molecule has 3 rings (SSSR count). The van der Waals surface area contributed by atoms with E-state index in [2.05, 4.69) is 25.6 Å². The number of aromatic nitrogens is 3. The fraction of sp³-hybridized carbons (Fsp3) is 0.318. The lowest BCUT2D eigenvalue weighted by Gasteiger charge is -2.21. The molecule has 2 heterocycles. The third-order valence-corrected chi connectivity index (χ3v) is 4.78. The van der Waals surface area contributed by atoms with Crippen molar-refractivity contribution in [3.8, 4) is 11.4 Å². The van der Waals surface area contributed by atoms with Crippen LogP contribution in [0.25, 0.3) is 11.4 Å². The highest BCUT2D eigenvalue weighted by atomic mass is 19.4. The number of aliphatic hydroxyl groups excluding tert-OH is 1. The number of anilines is 3. The number of benzene rings is 1. The number of pyridine rings is 1. The number of nitrogens with one attached hydrogen (secondary N) is 2. The van der Waals surface area contributed by atoms with Crippen LogP contribution in [0.15, 0.2) is 48.7 Å². The van der Waals surface area contributed by atoms with Crippen LogP contribution in [0.5, 0.6) is 0 Å². The topological polar surface area (TPSA) is 83.0 Å². The molecule has 0 aliphatic carbocycles. The SMILES string of the molecule is Cc1ccc(Nc2cc(-c3ccccn3)nc(N[C@@H](CO)C(C)C)n2)cc1C(F)(F)F. The van der Waals surface area contributed by atoms with Gasteiger partial charge in [0.2, 0.25) is 5.95 Å². The molecule has 9 heteroatoms. The second-order valence-corrected chi connectivity index (χ2v) is 7.51. The van der Waals surface area contributed by atoms with Crippen LogP contribution in [0.1, 0.15) is 25.0 Å². The van der Waals surface area contributed by atoms with Crippen LogP contribution < -0.4 is 10.6 Å². The predicted molar refractivity (Wildman–Crippen MR) is 114 cm³/mol. The Morgan fingerprint density at radius 1 is 1.03 bits per heavy atom. The molecule has 0 unspecified atom stereocenters. The van der Waals surface area contributed by atoms with Gasteiger partial charge in [-0.15, -0.1) is 0 Å². The van der Waals surface area contributed by atoms with Crippen molar-refractivity contribution >= 4 is 17.5 Å². The molecular formula is C22H24F3N5O. The first-order valence-electron chi connectivity index (χ1n) is 9.80. The van der Waals surface area contributed by atoms with Gasteiger partial charge in [-0.1, -0.05) is 26.0 Å². The summed E-state index contributed by atoms with van der Waals surface area (Å²) in [6.07, 6.45) is -2.83. The van der Waals surface area contributed by atoms with Gasteiger partial charge in [-0.3, -0.25) is 4.98 Å². The molecule has 0 fully saturated rings. The molecule has 6 nitrogen and oxygen atoms in total. The fourth-order valence-corrected chi connectivity index (χ4v) is 2.96. The van der Waals surface area contributed by atoms with Gasteiger partial charge in [0, 0.05) is 18.0 Å². The molecule has 3 N–H and O–H groups in total. The molecule has 0 amide bonds. The quantitative estimate of drug-likeness (QED) is 0.486. The summed E-state index contributed by atoms with van der Waals surface area (Å²) >= 11 is 0. The van der Waals surface area contributed by atoms with Crippen molar-refractivity contribution < 1.29 is 18.3 Å². The van der Waals surface area contributed by atoms with Gasteiger partial charge in [-0.25, -0.2) is 4.98 Å². The maximum Gasteiger partial charge on any atom is 0.416 e. The van der Waals surface area contributed by atoms with E-state index in [1.807, 2.05) is 19.9 Å². The summed E-state index contributed by atoms with van der Waals surface area (Å²) in [4.78, 5) is 13.1. The highest BCUT2D eigenvalue weighted by Gasteiger charge is 2.32. The van der Waals surface area contributed by atoms with E-state index in [1.165, 1.54) is 13.0 Å².